The number of hydrogen-bond acceptors (Lipinski definition) is 2. The maximum absolute atomic E-state index is 8.76. The number of hydrogen-bond donors (Lipinski definition) is 2. The number of rotatable bonds is 1. The summed E-state index contributed by atoms with van der Waals surface area (Å²) >= 11 is 0. The third-order valence-electron chi connectivity index (χ3n) is 2.33. The van der Waals surface area contributed by atoms with Crippen LogP contribution in [-0.2, 0) is 6.61 Å². The van der Waals surface area contributed by atoms with E-state index in [9.17, 15) is 0 Å². The lowest BCUT2D eigenvalue weighted by molar-refractivity contribution is 0.282. The first kappa shape index (κ1) is 11.1. The molecule has 1 aliphatic carbocycles. The number of nitrogen functional groups attached to an aromatic ring is 1. The van der Waals surface area contributed by atoms with E-state index in [-0.39, 0.29) is 6.61 Å². The van der Waals surface area contributed by atoms with E-state index in [1.54, 1.807) is 6.07 Å². The predicted molar refractivity (Wildman–Crippen MR) is 59.9 cm³/mol. The molecule has 0 atom stereocenters. The van der Waals surface area contributed by atoms with Crippen LogP contribution < -0.4 is 5.73 Å². The Kier molecular flexibility index (Phi) is 3.96. The van der Waals surface area contributed by atoms with Gasteiger partial charge >= 0.3 is 0 Å². The van der Waals surface area contributed by atoms with Crippen molar-refractivity contribution >= 4 is 5.69 Å². The van der Waals surface area contributed by atoms with Gasteiger partial charge in [-0.1, -0.05) is 37.5 Å². The van der Waals surface area contributed by atoms with Crippen molar-refractivity contribution in [3.63, 3.8) is 0 Å². The fraction of sp³-hybridized carbons (Fsp3) is 0.500. The fourth-order valence-corrected chi connectivity index (χ4v) is 1.04. The normalized spacial score (nSPS) is 14.5. The Bertz CT molecular complexity index is 292. The first-order valence-electron chi connectivity index (χ1n) is 5.09. The van der Waals surface area contributed by atoms with Gasteiger partial charge in [-0.15, -0.1) is 0 Å². The Morgan fingerprint density at radius 2 is 2.00 bits per heavy atom. The molecule has 2 heteroatoms. The van der Waals surface area contributed by atoms with E-state index >= 15 is 0 Å². The van der Waals surface area contributed by atoms with Crippen molar-refractivity contribution < 1.29 is 5.11 Å². The second-order valence-corrected chi connectivity index (χ2v) is 4.04. The third-order valence-corrected chi connectivity index (χ3v) is 2.33. The summed E-state index contributed by atoms with van der Waals surface area (Å²) < 4.78 is 0. The van der Waals surface area contributed by atoms with Crippen molar-refractivity contribution in [3.05, 3.63) is 29.3 Å². The number of nitrogens with two attached hydrogens (primary N) is 1. The van der Waals surface area contributed by atoms with Crippen molar-refractivity contribution in [1.29, 1.82) is 0 Å². The van der Waals surface area contributed by atoms with E-state index < -0.39 is 0 Å². The van der Waals surface area contributed by atoms with Crippen molar-refractivity contribution in [2.75, 3.05) is 5.73 Å². The average Bonchev–Trinajstić information content (AvgIpc) is 2.93. The summed E-state index contributed by atoms with van der Waals surface area (Å²) in [6, 6.07) is 5.62. The summed E-state index contributed by atoms with van der Waals surface area (Å²) in [4.78, 5) is 0. The summed E-state index contributed by atoms with van der Waals surface area (Å²) in [6.07, 6.45) is 2.97. The first-order chi connectivity index (χ1) is 6.63. The first-order valence-corrected chi connectivity index (χ1v) is 5.09. The van der Waals surface area contributed by atoms with Gasteiger partial charge in [-0.25, -0.2) is 0 Å². The lowest BCUT2D eigenvalue weighted by Gasteiger charge is -2.01. The third kappa shape index (κ3) is 3.79. The highest BCUT2D eigenvalue weighted by Gasteiger charge is 2.12. The summed E-state index contributed by atoms with van der Waals surface area (Å²) in [5, 5.41) is 8.76. The zero-order valence-corrected chi connectivity index (χ0v) is 8.96. The number of aliphatic hydroxyl groups excluding tert-OH is 1. The molecule has 0 bridgehead atoms. The Morgan fingerprint density at radius 1 is 1.43 bits per heavy atom. The molecule has 1 aromatic rings. The zero-order valence-electron chi connectivity index (χ0n) is 8.96. The van der Waals surface area contributed by atoms with Crippen LogP contribution >= 0.6 is 0 Å². The van der Waals surface area contributed by atoms with E-state index in [0.717, 1.165) is 17.0 Å². The quantitative estimate of drug-likeness (QED) is 0.673. The van der Waals surface area contributed by atoms with Crippen LogP contribution in [0.25, 0.3) is 0 Å². The molecule has 0 spiro atoms. The van der Waals surface area contributed by atoms with Gasteiger partial charge in [0.05, 0.1) is 6.61 Å². The highest BCUT2D eigenvalue weighted by atomic mass is 16.3. The second kappa shape index (κ2) is 5.01. The molecule has 1 aliphatic rings. The van der Waals surface area contributed by atoms with Gasteiger partial charge in [-0.2, -0.15) is 0 Å². The van der Waals surface area contributed by atoms with Crippen LogP contribution in [0.15, 0.2) is 18.2 Å². The van der Waals surface area contributed by atoms with Crippen molar-refractivity contribution in [1.82, 2.24) is 0 Å². The smallest absolute Gasteiger partial charge is 0.0702 e. The summed E-state index contributed by atoms with van der Waals surface area (Å²) in [6.45, 7) is 4.27. The maximum Gasteiger partial charge on any atom is 0.0702 e. The van der Waals surface area contributed by atoms with Gasteiger partial charge in [0.2, 0.25) is 0 Å². The Labute approximate surface area is 85.8 Å². The number of benzene rings is 1. The number of aryl methyl sites for hydroxylation is 1. The number of aliphatic hydroxyl groups is 1. The van der Waals surface area contributed by atoms with Crippen molar-refractivity contribution in [2.45, 2.75) is 33.3 Å². The molecule has 78 valence electrons. The lowest BCUT2D eigenvalue weighted by Crippen LogP contribution is -1.93. The SMILES string of the molecule is CC1CC1.Cc1ccc(N)c(CO)c1. The topological polar surface area (TPSA) is 46.2 Å². The molecular formula is C12H19NO. The zero-order chi connectivity index (χ0) is 10.6. The van der Waals surface area contributed by atoms with Gasteiger partial charge in [0.1, 0.15) is 0 Å². The molecule has 14 heavy (non-hydrogen) atoms. The lowest BCUT2D eigenvalue weighted by atomic mass is 10.1. The molecule has 3 N–H and O–H groups in total. The summed E-state index contributed by atoms with van der Waals surface area (Å²) in [5.41, 5.74) is 8.13. The van der Waals surface area contributed by atoms with Crippen molar-refractivity contribution in [2.24, 2.45) is 5.92 Å². The van der Waals surface area contributed by atoms with E-state index in [0.29, 0.717) is 5.69 Å². The van der Waals surface area contributed by atoms with E-state index in [4.69, 9.17) is 10.8 Å². The van der Waals surface area contributed by atoms with Crippen LogP contribution in [0.1, 0.15) is 30.9 Å². The maximum atomic E-state index is 8.76. The molecule has 0 unspecified atom stereocenters. The Morgan fingerprint density at radius 3 is 2.36 bits per heavy atom. The molecule has 2 rings (SSSR count). The Balaban J connectivity index is 0.000000203. The summed E-state index contributed by atoms with van der Waals surface area (Å²) in [7, 11) is 0. The van der Waals surface area contributed by atoms with Gasteiger partial charge < -0.3 is 10.8 Å². The average molecular weight is 193 g/mol. The molecule has 1 saturated carbocycles. The molecular weight excluding hydrogens is 174 g/mol. The van der Waals surface area contributed by atoms with Crippen LogP contribution in [0.3, 0.4) is 0 Å². The molecule has 0 aliphatic heterocycles. The van der Waals surface area contributed by atoms with E-state index in [1.165, 1.54) is 12.8 Å². The Hall–Kier alpha value is -1.02. The monoisotopic (exact) mass is 193 g/mol. The number of anilines is 1. The predicted octanol–water partition coefficient (Wildman–Crippen LogP) is 2.49. The fourth-order valence-electron chi connectivity index (χ4n) is 1.04. The molecule has 2 nitrogen and oxygen atoms in total. The van der Waals surface area contributed by atoms with Gasteiger partial charge in [0.15, 0.2) is 0 Å². The van der Waals surface area contributed by atoms with Crippen LogP contribution in [-0.4, -0.2) is 5.11 Å². The standard InChI is InChI=1S/C8H11NO.C4H8/c1-6-2-3-8(9)7(4-6)5-10;1-4-2-3-4/h2-4,10H,5,9H2,1H3;4H,2-3H2,1H3. The minimum absolute atomic E-state index is 0.0213. The largest absolute Gasteiger partial charge is 0.398 e. The summed E-state index contributed by atoms with van der Waals surface area (Å²) in [5.74, 6) is 1.08. The molecule has 1 aromatic carbocycles. The van der Waals surface area contributed by atoms with Gasteiger partial charge in [-0.05, 0) is 18.9 Å². The van der Waals surface area contributed by atoms with E-state index in [2.05, 4.69) is 6.92 Å². The van der Waals surface area contributed by atoms with Gasteiger partial charge in [0, 0.05) is 11.3 Å². The van der Waals surface area contributed by atoms with Crippen molar-refractivity contribution in [3.8, 4) is 0 Å². The second-order valence-electron chi connectivity index (χ2n) is 4.04. The molecule has 0 heterocycles. The molecule has 0 amide bonds. The highest BCUT2D eigenvalue weighted by Crippen LogP contribution is 2.26. The minimum Gasteiger partial charge on any atom is -0.398 e. The van der Waals surface area contributed by atoms with Crippen LogP contribution in [0.4, 0.5) is 5.69 Å². The molecule has 0 radical (unpaired) electrons. The minimum atomic E-state index is 0.0213. The van der Waals surface area contributed by atoms with Crippen LogP contribution in [0.5, 0.6) is 0 Å². The van der Waals surface area contributed by atoms with Crippen LogP contribution in [0, 0.1) is 12.8 Å². The van der Waals surface area contributed by atoms with E-state index in [1.807, 2.05) is 19.1 Å². The van der Waals surface area contributed by atoms with Gasteiger partial charge in [-0.3, -0.25) is 0 Å². The molecule has 0 saturated heterocycles. The molecule has 0 aromatic heterocycles. The van der Waals surface area contributed by atoms with Crippen LogP contribution in [0.2, 0.25) is 0 Å². The molecule has 1 fully saturated rings. The van der Waals surface area contributed by atoms with Gasteiger partial charge in [0.25, 0.3) is 0 Å². The highest BCUT2D eigenvalue weighted by molar-refractivity contribution is 5.47.